The van der Waals surface area contributed by atoms with Crippen LogP contribution in [0.3, 0.4) is 0 Å². The molecule has 108 valence electrons. The van der Waals surface area contributed by atoms with Gasteiger partial charge in [-0.05, 0) is 26.8 Å². The molecule has 1 unspecified atom stereocenters. The first kappa shape index (κ1) is 14.1. The van der Waals surface area contributed by atoms with Crippen molar-refractivity contribution >= 4 is 6.01 Å². The molecule has 0 saturated carbocycles. The summed E-state index contributed by atoms with van der Waals surface area (Å²) >= 11 is 0. The standard InChI is InChI=1S/C11H17F3N4O/c1-7(15-2)9-16-17-10(19-9)18-5-3-8(4-6-18)11(12,13)14/h7-8,15H,3-6H2,1-2H3. The predicted octanol–water partition coefficient (Wildman–Crippen LogP) is 2.13. The molecule has 1 saturated heterocycles. The van der Waals surface area contributed by atoms with Gasteiger partial charge in [-0.25, -0.2) is 0 Å². The third-order valence-corrected chi connectivity index (χ3v) is 3.46. The second-order valence-corrected chi connectivity index (χ2v) is 4.74. The summed E-state index contributed by atoms with van der Waals surface area (Å²) in [6.07, 6.45) is -3.96. The topological polar surface area (TPSA) is 54.2 Å². The highest BCUT2D eigenvalue weighted by Gasteiger charge is 2.41. The van der Waals surface area contributed by atoms with Crippen molar-refractivity contribution in [2.24, 2.45) is 5.92 Å². The fourth-order valence-corrected chi connectivity index (χ4v) is 2.05. The van der Waals surface area contributed by atoms with E-state index in [1.54, 1.807) is 11.9 Å². The van der Waals surface area contributed by atoms with E-state index in [-0.39, 0.29) is 18.9 Å². The van der Waals surface area contributed by atoms with Crippen molar-refractivity contribution < 1.29 is 17.6 Å². The van der Waals surface area contributed by atoms with E-state index in [9.17, 15) is 13.2 Å². The van der Waals surface area contributed by atoms with Crippen molar-refractivity contribution in [1.29, 1.82) is 0 Å². The van der Waals surface area contributed by atoms with Gasteiger partial charge in [-0.3, -0.25) is 0 Å². The van der Waals surface area contributed by atoms with Gasteiger partial charge in [0.2, 0.25) is 5.89 Å². The molecule has 0 radical (unpaired) electrons. The molecule has 0 bridgehead atoms. The molecule has 0 spiro atoms. The second-order valence-electron chi connectivity index (χ2n) is 4.74. The molecule has 0 aromatic carbocycles. The van der Waals surface area contributed by atoms with Gasteiger partial charge in [0.1, 0.15) is 0 Å². The van der Waals surface area contributed by atoms with E-state index in [2.05, 4.69) is 15.5 Å². The minimum absolute atomic E-state index is 0.0722. The lowest BCUT2D eigenvalue weighted by molar-refractivity contribution is -0.179. The molecule has 1 aromatic heterocycles. The summed E-state index contributed by atoms with van der Waals surface area (Å²) in [6, 6.07) is 0.228. The molecule has 2 heterocycles. The lowest BCUT2D eigenvalue weighted by Crippen LogP contribution is -2.39. The summed E-state index contributed by atoms with van der Waals surface area (Å²) in [5, 5.41) is 10.7. The predicted molar refractivity (Wildman–Crippen MR) is 62.8 cm³/mol. The molecular weight excluding hydrogens is 261 g/mol. The highest BCUT2D eigenvalue weighted by molar-refractivity contribution is 5.25. The van der Waals surface area contributed by atoms with Gasteiger partial charge >= 0.3 is 12.2 Å². The lowest BCUT2D eigenvalue weighted by atomic mass is 9.97. The Bertz CT molecular complexity index is 412. The van der Waals surface area contributed by atoms with Crippen LogP contribution in [0, 0.1) is 5.92 Å². The van der Waals surface area contributed by atoms with Gasteiger partial charge in [0.05, 0.1) is 12.0 Å². The Morgan fingerprint density at radius 2 is 1.95 bits per heavy atom. The summed E-state index contributed by atoms with van der Waals surface area (Å²) in [6.45, 7) is 2.45. The van der Waals surface area contributed by atoms with Crippen molar-refractivity contribution in [2.75, 3.05) is 25.0 Å². The van der Waals surface area contributed by atoms with Crippen LogP contribution in [-0.2, 0) is 0 Å². The minimum Gasteiger partial charge on any atom is -0.406 e. The molecule has 1 aromatic rings. The van der Waals surface area contributed by atoms with Crippen LogP contribution in [0.2, 0.25) is 0 Å². The molecule has 5 nitrogen and oxygen atoms in total. The van der Waals surface area contributed by atoms with Gasteiger partial charge in [0, 0.05) is 13.1 Å². The normalized spacial score (nSPS) is 19.7. The highest BCUT2D eigenvalue weighted by Crippen LogP contribution is 2.35. The number of rotatable bonds is 3. The number of piperidine rings is 1. The maximum atomic E-state index is 12.5. The summed E-state index contributed by atoms with van der Waals surface area (Å²) in [5.74, 6) is -0.780. The fraction of sp³-hybridized carbons (Fsp3) is 0.818. The summed E-state index contributed by atoms with van der Waals surface area (Å²) in [4.78, 5) is 1.71. The number of hydrogen-bond donors (Lipinski definition) is 1. The molecular formula is C11H17F3N4O. The van der Waals surface area contributed by atoms with E-state index in [1.807, 2.05) is 6.92 Å². The van der Waals surface area contributed by atoms with Crippen LogP contribution in [0.5, 0.6) is 0 Å². The van der Waals surface area contributed by atoms with Gasteiger partial charge in [-0.15, -0.1) is 5.10 Å². The van der Waals surface area contributed by atoms with Crippen LogP contribution in [0.15, 0.2) is 4.42 Å². The van der Waals surface area contributed by atoms with E-state index >= 15 is 0 Å². The maximum absolute atomic E-state index is 12.5. The molecule has 1 atom stereocenters. The van der Waals surface area contributed by atoms with Crippen molar-refractivity contribution in [3.63, 3.8) is 0 Å². The van der Waals surface area contributed by atoms with E-state index in [0.29, 0.717) is 25.0 Å². The van der Waals surface area contributed by atoms with Gasteiger partial charge < -0.3 is 14.6 Å². The van der Waals surface area contributed by atoms with Crippen LogP contribution in [0.1, 0.15) is 31.7 Å². The number of halogens is 3. The highest BCUT2D eigenvalue weighted by atomic mass is 19.4. The summed E-state index contributed by atoms with van der Waals surface area (Å²) in [5.41, 5.74) is 0. The van der Waals surface area contributed by atoms with Crippen LogP contribution in [-0.4, -0.2) is 36.5 Å². The van der Waals surface area contributed by atoms with Gasteiger partial charge in [0.25, 0.3) is 0 Å². The number of hydrogen-bond acceptors (Lipinski definition) is 5. The smallest absolute Gasteiger partial charge is 0.391 e. The SMILES string of the molecule is CNC(C)c1nnc(N2CCC(C(F)(F)F)CC2)o1. The quantitative estimate of drug-likeness (QED) is 0.918. The van der Waals surface area contributed by atoms with E-state index < -0.39 is 12.1 Å². The van der Waals surface area contributed by atoms with E-state index in [0.717, 1.165) is 0 Å². The van der Waals surface area contributed by atoms with Gasteiger partial charge in [-0.1, -0.05) is 5.10 Å². The molecule has 8 heteroatoms. The molecule has 19 heavy (non-hydrogen) atoms. The molecule has 1 N–H and O–H groups in total. The van der Waals surface area contributed by atoms with Crippen molar-refractivity contribution in [3.05, 3.63) is 5.89 Å². The fourth-order valence-electron chi connectivity index (χ4n) is 2.05. The molecule has 1 aliphatic rings. The Hall–Kier alpha value is -1.31. The van der Waals surface area contributed by atoms with Crippen LogP contribution in [0.4, 0.5) is 19.2 Å². The Morgan fingerprint density at radius 1 is 1.32 bits per heavy atom. The number of anilines is 1. The second kappa shape index (κ2) is 5.36. The van der Waals surface area contributed by atoms with E-state index in [4.69, 9.17) is 4.42 Å². The summed E-state index contributed by atoms with van der Waals surface area (Å²) in [7, 11) is 1.77. The maximum Gasteiger partial charge on any atom is 0.391 e. The lowest BCUT2D eigenvalue weighted by Gasteiger charge is -2.31. The van der Waals surface area contributed by atoms with Crippen LogP contribution >= 0.6 is 0 Å². The van der Waals surface area contributed by atoms with Gasteiger partial charge in [0.15, 0.2) is 0 Å². The number of alkyl halides is 3. The molecule has 2 rings (SSSR count). The Balaban J connectivity index is 1.96. The third kappa shape index (κ3) is 3.17. The summed E-state index contributed by atoms with van der Waals surface area (Å²) < 4.78 is 43.1. The van der Waals surface area contributed by atoms with E-state index in [1.165, 1.54) is 0 Å². The Morgan fingerprint density at radius 3 is 2.47 bits per heavy atom. The van der Waals surface area contributed by atoms with Crippen molar-refractivity contribution in [1.82, 2.24) is 15.5 Å². The Kier molecular flexibility index (Phi) is 3.98. The zero-order chi connectivity index (χ0) is 14.0. The molecule has 1 fully saturated rings. The number of nitrogens with one attached hydrogen (secondary N) is 1. The first-order valence-corrected chi connectivity index (χ1v) is 6.24. The van der Waals surface area contributed by atoms with Crippen molar-refractivity contribution in [3.8, 4) is 0 Å². The Labute approximate surface area is 109 Å². The third-order valence-electron chi connectivity index (χ3n) is 3.46. The first-order chi connectivity index (χ1) is 8.91. The van der Waals surface area contributed by atoms with Crippen LogP contribution in [0.25, 0.3) is 0 Å². The molecule has 0 amide bonds. The average Bonchev–Trinajstić information content (AvgIpc) is 2.86. The zero-order valence-corrected chi connectivity index (χ0v) is 10.9. The average molecular weight is 278 g/mol. The molecule has 0 aliphatic carbocycles. The molecule has 1 aliphatic heterocycles. The first-order valence-electron chi connectivity index (χ1n) is 6.24. The van der Waals surface area contributed by atoms with Gasteiger partial charge in [-0.2, -0.15) is 13.2 Å². The number of nitrogens with zero attached hydrogens (tertiary/aromatic N) is 3. The van der Waals surface area contributed by atoms with Crippen LogP contribution < -0.4 is 10.2 Å². The largest absolute Gasteiger partial charge is 0.406 e. The van der Waals surface area contributed by atoms with Crippen molar-refractivity contribution in [2.45, 2.75) is 32.0 Å². The monoisotopic (exact) mass is 278 g/mol. The minimum atomic E-state index is -4.10. The number of aromatic nitrogens is 2. The zero-order valence-electron chi connectivity index (χ0n) is 10.9.